The van der Waals surface area contributed by atoms with Gasteiger partial charge in [0.1, 0.15) is 0 Å². The normalized spacial score (nSPS) is 25.7. The standard InChI is InChI=1S/C10H16O/c1-3-4-9-5-6-10(11)8(2)7-9/h9H,2-7H2,1H3. The highest BCUT2D eigenvalue weighted by atomic mass is 16.1. The summed E-state index contributed by atoms with van der Waals surface area (Å²) < 4.78 is 0. The maximum atomic E-state index is 11.0. The van der Waals surface area contributed by atoms with Crippen LogP contribution in [0, 0.1) is 5.92 Å². The quantitative estimate of drug-likeness (QED) is 0.556. The van der Waals surface area contributed by atoms with E-state index in [-0.39, 0.29) is 5.78 Å². The van der Waals surface area contributed by atoms with Crippen molar-refractivity contribution in [1.82, 2.24) is 0 Å². The van der Waals surface area contributed by atoms with Gasteiger partial charge >= 0.3 is 0 Å². The highest BCUT2D eigenvalue weighted by Gasteiger charge is 2.20. The number of ketones is 1. The van der Waals surface area contributed by atoms with Gasteiger partial charge in [-0.25, -0.2) is 0 Å². The molecule has 1 aliphatic rings. The molecular weight excluding hydrogens is 136 g/mol. The Balaban J connectivity index is 2.40. The van der Waals surface area contributed by atoms with Crippen LogP contribution in [0.25, 0.3) is 0 Å². The van der Waals surface area contributed by atoms with Crippen molar-refractivity contribution in [2.45, 2.75) is 39.0 Å². The predicted octanol–water partition coefficient (Wildman–Crippen LogP) is 2.71. The maximum absolute atomic E-state index is 11.0. The molecule has 0 aromatic heterocycles. The van der Waals surface area contributed by atoms with Crippen molar-refractivity contribution in [1.29, 1.82) is 0 Å². The van der Waals surface area contributed by atoms with Crippen LogP contribution in [0.1, 0.15) is 39.0 Å². The number of Topliss-reactive ketones (excluding diaryl/α,β-unsaturated/α-hetero) is 1. The van der Waals surface area contributed by atoms with Crippen LogP contribution in [0.5, 0.6) is 0 Å². The van der Waals surface area contributed by atoms with E-state index in [4.69, 9.17) is 0 Å². The summed E-state index contributed by atoms with van der Waals surface area (Å²) in [4.78, 5) is 11.0. The molecule has 62 valence electrons. The van der Waals surface area contributed by atoms with Crippen molar-refractivity contribution in [3.8, 4) is 0 Å². The monoisotopic (exact) mass is 152 g/mol. The zero-order valence-electron chi connectivity index (χ0n) is 7.23. The molecule has 0 radical (unpaired) electrons. The Labute approximate surface area is 68.5 Å². The Bertz CT molecular complexity index is 170. The van der Waals surface area contributed by atoms with E-state index in [0.29, 0.717) is 0 Å². The van der Waals surface area contributed by atoms with Gasteiger partial charge in [-0.3, -0.25) is 4.79 Å². The molecule has 0 spiro atoms. The van der Waals surface area contributed by atoms with Crippen LogP contribution < -0.4 is 0 Å². The highest BCUT2D eigenvalue weighted by molar-refractivity contribution is 5.95. The molecule has 0 aromatic carbocycles. The fourth-order valence-electron chi connectivity index (χ4n) is 1.73. The molecule has 0 bridgehead atoms. The fraction of sp³-hybridized carbons (Fsp3) is 0.700. The summed E-state index contributed by atoms with van der Waals surface area (Å²) in [6, 6.07) is 0. The Kier molecular flexibility index (Phi) is 2.86. The lowest BCUT2D eigenvalue weighted by molar-refractivity contribution is -0.117. The second-order valence-corrected chi connectivity index (χ2v) is 3.42. The van der Waals surface area contributed by atoms with Crippen LogP contribution in [0.2, 0.25) is 0 Å². The third-order valence-electron chi connectivity index (χ3n) is 2.41. The molecule has 1 heteroatoms. The highest BCUT2D eigenvalue weighted by Crippen LogP contribution is 2.27. The second kappa shape index (κ2) is 3.70. The summed E-state index contributed by atoms with van der Waals surface area (Å²) in [7, 11) is 0. The molecule has 0 amide bonds. The van der Waals surface area contributed by atoms with E-state index in [0.717, 1.165) is 30.8 Å². The van der Waals surface area contributed by atoms with Gasteiger partial charge < -0.3 is 0 Å². The van der Waals surface area contributed by atoms with E-state index in [1.165, 1.54) is 12.8 Å². The Morgan fingerprint density at radius 2 is 2.36 bits per heavy atom. The van der Waals surface area contributed by atoms with Crippen molar-refractivity contribution >= 4 is 5.78 Å². The summed E-state index contributed by atoms with van der Waals surface area (Å²) in [5, 5.41) is 0. The van der Waals surface area contributed by atoms with E-state index in [9.17, 15) is 4.79 Å². The number of allylic oxidation sites excluding steroid dienone is 1. The maximum Gasteiger partial charge on any atom is 0.158 e. The molecule has 1 aliphatic carbocycles. The van der Waals surface area contributed by atoms with Crippen molar-refractivity contribution in [2.24, 2.45) is 5.92 Å². The lowest BCUT2D eigenvalue weighted by atomic mass is 9.83. The van der Waals surface area contributed by atoms with Gasteiger partial charge in [-0.1, -0.05) is 26.3 Å². The molecule has 0 aromatic rings. The van der Waals surface area contributed by atoms with Gasteiger partial charge in [-0.2, -0.15) is 0 Å². The summed E-state index contributed by atoms with van der Waals surface area (Å²) in [6.45, 7) is 5.97. The van der Waals surface area contributed by atoms with Crippen molar-refractivity contribution in [3.05, 3.63) is 12.2 Å². The van der Waals surface area contributed by atoms with Crippen molar-refractivity contribution < 1.29 is 4.79 Å². The van der Waals surface area contributed by atoms with Gasteiger partial charge in [0.25, 0.3) is 0 Å². The van der Waals surface area contributed by atoms with Crippen LogP contribution >= 0.6 is 0 Å². The van der Waals surface area contributed by atoms with Gasteiger partial charge in [0.2, 0.25) is 0 Å². The third-order valence-corrected chi connectivity index (χ3v) is 2.41. The minimum atomic E-state index is 0.289. The number of carbonyl (C=O) groups excluding carboxylic acids is 1. The third kappa shape index (κ3) is 2.18. The molecule has 1 fully saturated rings. The molecule has 1 nitrogen and oxygen atoms in total. The molecule has 1 saturated carbocycles. The zero-order chi connectivity index (χ0) is 8.27. The van der Waals surface area contributed by atoms with Crippen molar-refractivity contribution in [2.75, 3.05) is 0 Å². The average Bonchev–Trinajstić information content (AvgIpc) is 1.98. The van der Waals surface area contributed by atoms with E-state index in [1.54, 1.807) is 0 Å². The molecule has 0 N–H and O–H groups in total. The largest absolute Gasteiger partial charge is 0.295 e. The smallest absolute Gasteiger partial charge is 0.158 e. The van der Waals surface area contributed by atoms with Gasteiger partial charge in [0.05, 0.1) is 0 Å². The first kappa shape index (κ1) is 8.51. The first-order valence-corrected chi connectivity index (χ1v) is 4.45. The van der Waals surface area contributed by atoms with E-state index < -0.39 is 0 Å². The van der Waals surface area contributed by atoms with E-state index >= 15 is 0 Å². The van der Waals surface area contributed by atoms with E-state index in [2.05, 4.69) is 13.5 Å². The Hall–Kier alpha value is -0.590. The lowest BCUT2D eigenvalue weighted by Crippen LogP contribution is -2.15. The predicted molar refractivity (Wildman–Crippen MR) is 46.4 cm³/mol. The number of rotatable bonds is 2. The fourth-order valence-corrected chi connectivity index (χ4v) is 1.73. The minimum absolute atomic E-state index is 0.289. The molecule has 1 unspecified atom stereocenters. The average molecular weight is 152 g/mol. The SMILES string of the molecule is C=C1CC(CCC)CCC1=O. The van der Waals surface area contributed by atoms with Gasteiger partial charge in [-0.15, -0.1) is 0 Å². The molecule has 0 saturated heterocycles. The van der Waals surface area contributed by atoms with Crippen LogP contribution in [0.4, 0.5) is 0 Å². The van der Waals surface area contributed by atoms with Crippen LogP contribution in [-0.4, -0.2) is 5.78 Å². The molecule has 0 heterocycles. The second-order valence-electron chi connectivity index (χ2n) is 3.42. The lowest BCUT2D eigenvalue weighted by Gasteiger charge is -2.21. The van der Waals surface area contributed by atoms with E-state index in [1.807, 2.05) is 0 Å². The van der Waals surface area contributed by atoms with Gasteiger partial charge in [0, 0.05) is 6.42 Å². The van der Waals surface area contributed by atoms with Crippen molar-refractivity contribution in [3.63, 3.8) is 0 Å². The summed E-state index contributed by atoms with van der Waals surface area (Å²) in [6.07, 6.45) is 5.26. The first-order valence-electron chi connectivity index (χ1n) is 4.45. The molecule has 0 aliphatic heterocycles. The molecular formula is C10H16O. The molecule has 1 rings (SSSR count). The molecule has 1 atom stereocenters. The molecule has 11 heavy (non-hydrogen) atoms. The minimum Gasteiger partial charge on any atom is -0.295 e. The van der Waals surface area contributed by atoms with Crippen LogP contribution in [-0.2, 0) is 4.79 Å². The Morgan fingerprint density at radius 1 is 1.64 bits per heavy atom. The number of hydrogen-bond donors (Lipinski definition) is 0. The Morgan fingerprint density at radius 3 is 2.91 bits per heavy atom. The zero-order valence-corrected chi connectivity index (χ0v) is 7.23. The summed E-state index contributed by atoms with van der Waals surface area (Å²) in [5.41, 5.74) is 0.856. The summed E-state index contributed by atoms with van der Waals surface area (Å²) >= 11 is 0. The number of carbonyl (C=O) groups is 1. The topological polar surface area (TPSA) is 17.1 Å². The first-order chi connectivity index (χ1) is 5.24. The summed E-state index contributed by atoms with van der Waals surface area (Å²) in [5.74, 6) is 1.03. The van der Waals surface area contributed by atoms with Gasteiger partial charge in [-0.05, 0) is 24.3 Å². The van der Waals surface area contributed by atoms with Crippen LogP contribution in [0.3, 0.4) is 0 Å². The number of hydrogen-bond acceptors (Lipinski definition) is 1. The van der Waals surface area contributed by atoms with Gasteiger partial charge in [0.15, 0.2) is 5.78 Å². The van der Waals surface area contributed by atoms with Crippen LogP contribution in [0.15, 0.2) is 12.2 Å².